The van der Waals surface area contributed by atoms with Crippen LogP contribution in [0.5, 0.6) is 0 Å². The van der Waals surface area contributed by atoms with Crippen molar-refractivity contribution in [2.24, 2.45) is 0 Å². The van der Waals surface area contributed by atoms with Gasteiger partial charge in [0.25, 0.3) is 0 Å². The molecule has 96 valence electrons. The fourth-order valence-electron chi connectivity index (χ4n) is 1.79. The van der Waals surface area contributed by atoms with E-state index in [0.29, 0.717) is 6.54 Å². The number of rotatable bonds is 4. The van der Waals surface area contributed by atoms with Crippen molar-refractivity contribution in [1.29, 1.82) is 0 Å². The molecule has 2 aromatic heterocycles. The van der Waals surface area contributed by atoms with Crippen LogP contribution in [-0.2, 0) is 6.54 Å². The van der Waals surface area contributed by atoms with Crippen molar-refractivity contribution in [2.45, 2.75) is 6.54 Å². The van der Waals surface area contributed by atoms with E-state index in [1.165, 1.54) is 0 Å². The smallest absolute Gasteiger partial charge is 0.136 e. The topological polar surface area (TPSA) is 55.9 Å². The molecule has 0 unspecified atom stereocenters. The molecule has 0 amide bonds. The maximum atomic E-state index is 5.37. The van der Waals surface area contributed by atoms with Crippen molar-refractivity contribution in [3.8, 4) is 5.69 Å². The molecule has 0 saturated heterocycles. The van der Waals surface area contributed by atoms with Crippen LogP contribution >= 0.6 is 15.9 Å². The van der Waals surface area contributed by atoms with Crippen molar-refractivity contribution >= 4 is 21.6 Å². The van der Waals surface area contributed by atoms with E-state index in [2.05, 4.69) is 31.6 Å². The first-order chi connectivity index (χ1) is 9.34. The lowest BCUT2D eigenvalue weighted by Crippen LogP contribution is -2.04. The monoisotopic (exact) mass is 318 g/mol. The molecule has 0 saturated carbocycles. The number of para-hydroxylation sites is 2. The predicted molar refractivity (Wildman–Crippen MR) is 75.1 cm³/mol. The van der Waals surface area contributed by atoms with Crippen molar-refractivity contribution in [2.75, 3.05) is 5.32 Å². The van der Waals surface area contributed by atoms with Gasteiger partial charge in [-0.15, -0.1) is 5.10 Å². The summed E-state index contributed by atoms with van der Waals surface area (Å²) >= 11 is 3.44. The van der Waals surface area contributed by atoms with Crippen LogP contribution in [0.4, 0.5) is 5.69 Å². The molecular formula is C13H11BrN4O. The van der Waals surface area contributed by atoms with Crippen LogP contribution in [0.1, 0.15) is 5.76 Å². The molecule has 0 aliphatic carbocycles. The Hall–Kier alpha value is -2.08. The minimum atomic E-state index is 0.597. The van der Waals surface area contributed by atoms with E-state index in [9.17, 15) is 0 Å². The molecule has 3 aromatic rings. The second-order valence-corrected chi connectivity index (χ2v) is 4.76. The van der Waals surface area contributed by atoms with E-state index >= 15 is 0 Å². The molecule has 19 heavy (non-hydrogen) atoms. The van der Waals surface area contributed by atoms with Gasteiger partial charge in [-0.3, -0.25) is 0 Å². The molecule has 0 aliphatic rings. The molecule has 1 aromatic carbocycles. The Morgan fingerprint density at radius 2 is 2.16 bits per heavy atom. The van der Waals surface area contributed by atoms with E-state index in [1.54, 1.807) is 17.1 Å². The number of hydrogen-bond donors (Lipinski definition) is 1. The second kappa shape index (κ2) is 5.27. The number of furan rings is 1. The van der Waals surface area contributed by atoms with Gasteiger partial charge in [0.2, 0.25) is 0 Å². The van der Waals surface area contributed by atoms with Gasteiger partial charge in [-0.2, -0.15) is 0 Å². The zero-order valence-electron chi connectivity index (χ0n) is 9.95. The normalized spacial score (nSPS) is 10.6. The lowest BCUT2D eigenvalue weighted by Gasteiger charge is -2.10. The van der Waals surface area contributed by atoms with Gasteiger partial charge >= 0.3 is 0 Å². The van der Waals surface area contributed by atoms with Gasteiger partial charge in [0, 0.05) is 0 Å². The second-order valence-electron chi connectivity index (χ2n) is 3.91. The molecule has 0 atom stereocenters. The van der Waals surface area contributed by atoms with Crippen molar-refractivity contribution in [3.63, 3.8) is 0 Å². The third-order valence-corrected chi connectivity index (χ3v) is 3.41. The fraction of sp³-hybridized carbons (Fsp3) is 0.0769. The van der Waals surface area contributed by atoms with Crippen LogP contribution in [-0.4, -0.2) is 15.0 Å². The maximum Gasteiger partial charge on any atom is 0.136 e. The summed E-state index contributed by atoms with van der Waals surface area (Å²) in [5.74, 6) is 0.855. The zero-order chi connectivity index (χ0) is 13.1. The summed E-state index contributed by atoms with van der Waals surface area (Å²) in [5, 5.41) is 11.2. The number of nitrogens with one attached hydrogen (secondary N) is 1. The number of nitrogens with zero attached hydrogens (tertiary/aromatic N) is 3. The Morgan fingerprint density at radius 3 is 2.89 bits per heavy atom. The molecule has 0 bridgehead atoms. The van der Waals surface area contributed by atoms with Gasteiger partial charge in [0.05, 0.1) is 41.0 Å². The van der Waals surface area contributed by atoms with Gasteiger partial charge in [0.15, 0.2) is 0 Å². The highest BCUT2D eigenvalue weighted by molar-refractivity contribution is 9.10. The van der Waals surface area contributed by atoms with Crippen molar-refractivity contribution < 1.29 is 4.42 Å². The summed E-state index contributed by atoms with van der Waals surface area (Å²) < 4.78 is 8.05. The number of aromatic nitrogens is 3. The highest BCUT2D eigenvalue weighted by Gasteiger charge is 2.07. The van der Waals surface area contributed by atoms with Crippen molar-refractivity contribution in [1.82, 2.24) is 15.0 Å². The van der Waals surface area contributed by atoms with E-state index < -0.39 is 0 Å². The van der Waals surface area contributed by atoms with Crippen LogP contribution in [0.15, 0.2) is 57.9 Å². The fourth-order valence-corrected chi connectivity index (χ4v) is 2.13. The molecule has 0 aliphatic heterocycles. The van der Waals surface area contributed by atoms with Crippen molar-refractivity contribution in [3.05, 3.63) is 59.2 Å². The summed E-state index contributed by atoms with van der Waals surface area (Å²) in [4.78, 5) is 0. The minimum absolute atomic E-state index is 0.597. The highest BCUT2D eigenvalue weighted by Crippen LogP contribution is 2.22. The van der Waals surface area contributed by atoms with E-state index in [4.69, 9.17) is 4.42 Å². The first-order valence-electron chi connectivity index (χ1n) is 5.76. The molecule has 5 nitrogen and oxygen atoms in total. The largest absolute Gasteiger partial charge is 0.466 e. The molecule has 0 fully saturated rings. The Morgan fingerprint density at radius 1 is 1.26 bits per heavy atom. The Kier molecular flexibility index (Phi) is 3.33. The van der Waals surface area contributed by atoms with Crippen LogP contribution in [0, 0.1) is 0 Å². The van der Waals surface area contributed by atoms with Crippen LogP contribution in [0.2, 0.25) is 0 Å². The minimum Gasteiger partial charge on any atom is -0.466 e. The molecular weight excluding hydrogens is 308 g/mol. The third kappa shape index (κ3) is 2.53. The van der Waals surface area contributed by atoms with Gasteiger partial charge in [-0.05, 0) is 34.1 Å². The number of halogens is 1. The first-order valence-corrected chi connectivity index (χ1v) is 6.55. The van der Waals surface area contributed by atoms with Gasteiger partial charge in [-0.1, -0.05) is 17.3 Å². The Balaban J connectivity index is 1.84. The van der Waals surface area contributed by atoms with E-state index in [-0.39, 0.29) is 0 Å². The molecule has 1 N–H and O–H groups in total. The number of benzene rings is 1. The summed E-state index contributed by atoms with van der Waals surface area (Å²) in [6.45, 7) is 0.597. The van der Waals surface area contributed by atoms with Gasteiger partial charge in [-0.25, -0.2) is 4.68 Å². The Bertz CT molecular complexity index is 663. The lowest BCUT2D eigenvalue weighted by molar-refractivity contribution is 0.516. The molecule has 2 heterocycles. The zero-order valence-corrected chi connectivity index (χ0v) is 11.5. The number of anilines is 1. The van der Waals surface area contributed by atoms with Gasteiger partial charge < -0.3 is 9.73 Å². The molecule has 3 rings (SSSR count). The lowest BCUT2D eigenvalue weighted by atomic mass is 10.2. The quantitative estimate of drug-likeness (QED) is 0.802. The van der Waals surface area contributed by atoms with Crippen LogP contribution in [0.3, 0.4) is 0 Å². The maximum absolute atomic E-state index is 5.37. The third-order valence-electron chi connectivity index (χ3n) is 2.70. The molecule has 6 heteroatoms. The Labute approximate surface area is 118 Å². The highest BCUT2D eigenvalue weighted by atomic mass is 79.9. The first kappa shape index (κ1) is 12.0. The molecule has 0 spiro atoms. The number of hydrogen-bond acceptors (Lipinski definition) is 4. The summed E-state index contributed by atoms with van der Waals surface area (Å²) in [5.41, 5.74) is 1.92. The predicted octanol–water partition coefficient (Wildman–Crippen LogP) is 3.23. The molecule has 0 radical (unpaired) electrons. The van der Waals surface area contributed by atoms with Gasteiger partial charge in [0.1, 0.15) is 5.76 Å². The van der Waals surface area contributed by atoms with Crippen LogP contribution < -0.4 is 5.32 Å². The van der Waals surface area contributed by atoms with E-state index in [0.717, 1.165) is 21.6 Å². The van der Waals surface area contributed by atoms with Crippen LogP contribution in [0.25, 0.3) is 5.69 Å². The SMILES string of the molecule is Brc1ccoc1CNc1ccccc1-n1ccnn1. The summed E-state index contributed by atoms with van der Waals surface area (Å²) in [6.07, 6.45) is 5.12. The summed E-state index contributed by atoms with van der Waals surface area (Å²) in [7, 11) is 0. The standard InChI is InChI=1S/C13H11BrN4O/c14-10-5-8-19-13(10)9-15-11-3-1-2-4-12(11)18-7-6-16-17-18/h1-8,15H,9H2. The average molecular weight is 319 g/mol. The summed E-state index contributed by atoms with van der Waals surface area (Å²) in [6, 6.07) is 9.79. The average Bonchev–Trinajstić information content (AvgIpc) is 3.08. The van der Waals surface area contributed by atoms with E-state index in [1.807, 2.05) is 36.5 Å².